The summed E-state index contributed by atoms with van der Waals surface area (Å²) in [7, 11) is 1.68. The number of hydrogen-bond acceptors (Lipinski definition) is 4. The summed E-state index contributed by atoms with van der Waals surface area (Å²) in [4.78, 5) is 6.80. The van der Waals surface area contributed by atoms with Crippen molar-refractivity contribution in [2.24, 2.45) is 0 Å². The number of anilines is 1. The van der Waals surface area contributed by atoms with Gasteiger partial charge in [-0.05, 0) is 42.8 Å². The first kappa shape index (κ1) is 13.2. The average Bonchev–Trinajstić information content (AvgIpc) is 2.43. The molecule has 20 heavy (non-hydrogen) atoms. The van der Waals surface area contributed by atoms with E-state index in [2.05, 4.69) is 16.0 Å². The lowest BCUT2D eigenvalue weighted by Crippen LogP contribution is -2.42. The standard InChI is InChI=1S/C16H20N2O2/c1-20-14-6-5-12-7-8-17-16(15(12)11-14)18(9-10-19)13-3-2-4-13/h5-8,11,13,19H,2-4,9-10H2,1H3. The summed E-state index contributed by atoms with van der Waals surface area (Å²) in [5.74, 6) is 1.80. The Hall–Kier alpha value is -1.81. The summed E-state index contributed by atoms with van der Waals surface area (Å²) in [5, 5.41) is 11.6. The third kappa shape index (κ3) is 2.31. The van der Waals surface area contributed by atoms with Gasteiger partial charge in [0.05, 0.1) is 13.7 Å². The normalized spacial score (nSPS) is 15.1. The maximum atomic E-state index is 9.35. The molecule has 1 heterocycles. The Morgan fingerprint density at radius 1 is 1.35 bits per heavy atom. The molecule has 1 aromatic carbocycles. The van der Waals surface area contributed by atoms with E-state index in [0.717, 1.165) is 22.3 Å². The topological polar surface area (TPSA) is 45.6 Å². The monoisotopic (exact) mass is 272 g/mol. The van der Waals surface area contributed by atoms with Gasteiger partial charge in [-0.3, -0.25) is 0 Å². The molecule has 0 radical (unpaired) electrons. The van der Waals surface area contributed by atoms with Gasteiger partial charge in [-0.1, -0.05) is 6.07 Å². The van der Waals surface area contributed by atoms with Crippen LogP contribution in [0.2, 0.25) is 0 Å². The van der Waals surface area contributed by atoms with Crippen LogP contribution < -0.4 is 9.64 Å². The van der Waals surface area contributed by atoms with Crippen molar-refractivity contribution in [3.63, 3.8) is 0 Å². The Bertz CT molecular complexity index is 596. The zero-order chi connectivity index (χ0) is 13.9. The van der Waals surface area contributed by atoms with Gasteiger partial charge in [-0.25, -0.2) is 4.98 Å². The minimum atomic E-state index is 0.151. The van der Waals surface area contributed by atoms with Gasteiger partial charge in [0.25, 0.3) is 0 Å². The predicted molar refractivity (Wildman–Crippen MR) is 80.4 cm³/mol. The van der Waals surface area contributed by atoms with Crippen LogP contribution in [0.15, 0.2) is 30.5 Å². The molecule has 1 aliphatic carbocycles. The van der Waals surface area contributed by atoms with Crippen LogP contribution in [-0.2, 0) is 0 Å². The summed E-state index contributed by atoms with van der Waals surface area (Å²) in [6, 6.07) is 8.56. The third-order valence-electron chi connectivity index (χ3n) is 4.08. The number of aromatic nitrogens is 1. The molecule has 3 rings (SSSR count). The molecule has 1 aliphatic rings. The van der Waals surface area contributed by atoms with E-state index in [1.807, 2.05) is 24.4 Å². The number of methoxy groups -OCH3 is 1. The summed E-state index contributed by atoms with van der Waals surface area (Å²) < 4.78 is 5.32. The van der Waals surface area contributed by atoms with Crippen LogP contribution in [0.25, 0.3) is 10.8 Å². The molecule has 4 heteroatoms. The van der Waals surface area contributed by atoms with Gasteiger partial charge in [0.1, 0.15) is 11.6 Å². The Labute approximate surface area is 119 Å². The molecule has 0 saturated heterocycles. The van der Waals surface area contributed by atoms with Crippen LogP contribution in [0.1, 0.15) is 19.3 Å². The molecule has 1 saturated carbocycles. The number of aliphatic hydroxyl groups excluding tert-OH is 1. The van der Waals surface area contributed by atoms with E-state index in [9.17, 15) is 5.11 Å². The third-order valence-corrected chi connectivity index (χ3v) is 4.08. The van der Waals surface area contributed by atoms with Crippen LogP contribution in [0.4, 0.5) is 5.82 Å². The van der Waals surface area contributed by atoms with Gasteiger partial charge >= 0.3 is 0 Å². The van der Waals surface area contributed by atoms with E-state index in [-0.39, 0.29) is 6.61 Å². The highest BCUT2D eigenvalue weighted by molar-refractivity contribution is 5.93. The molecule has 0 spiro atoms. The first-order valence-electron chi connectivity index (χ1n) is 7.13. The smallest absolute Gasteiger partial charge is 0.136 e. The van der Waals surface area contributed by atoms with E-state index in [1.54, 1.807) is 7.11 Å². The van der Waals surface area contributed by atoms with Crippen LogP contribution in [0.5, 0.6) is 5.75 Å². The second kappa shape index (κ2) is 5.67. The van der Waals surface area contributed by atoms with Crippen molar-refractivity contribution in [1.82, 2.24) is 4.98 Å². The number of benzene rings is 1. The highest BCUT2D eigenvalue weighted by atomic mass is 16.5. The van der Waals surface area contributed by atoms with E-state index >= 15 is 0 Å². The zero-order valence-electron chi connectivity index (χ0n) is 11.7. The number of fused-ring (bicyclic) bond motifs is 1. The maximum Gasteiger partial charge on any atom is 0.136 e. The molecular formula is C16H20N2O2. The predicted octanol–water partition coefficient (Wildman–Crippen LogP) is 2.59. The molecule has 0 aliphatic heterocycles. The van der Waals surface area contributed by atoms with Gasteiger partial charge in [0.15, 0.2) is 0 Å². The van der Waals surface area contributed by atoms with Crippen molar-refractivity contribution in [3.8, 4) is 5.75 Å². The fourth-order valence-corrected chi connectivity index (χ4v) is 2.76. The lowest BCUT2D eigenvalue weighted by atomic mass is 9.91. The zero-order valence-corrected chi connectivity index (χ0v) is 11.7. The van der Waals surface area contributed by atoms with Gasteiger partial charge in [0.2, 0.25) is 0 Å². The summed E-state index contributed by atoms with van der Waals surface area (Å²) in [5.41, 5.74) is 0. The number of rotatable bonds is 5. The van der Waals surface area contributed by atoms with Crippen molar-refractivity contribution >= 4 is 16.6 Å². The largest absolute Gasteiger partial charge is 0.497 e. The van der Waals surface area contributed by atoms with Crippen molar-refractivity contribution in [1.29, 1.82) is 0 Å². The van der Waals surface area contributed by atoms with E-state index in [1.165, 1.54) is 19.3 Å². The number of aliphatic hydroxyl groups is 1. The maximum absolute atomic E-state index is 9.35. The molecule has 106 valence electrons. The number of hydrogen-bond donors (Lipinski definition) is 1. The number of ether oxygens (including phenoxy) is 1. The summed E-state index contributed by atoms with van der Waals surface area (Å²) >= 11 is 0. The molecule has 1 aromatic heterocycles. The van der Waals surface area contributed by atoms with Gasteiger partial charge in [0, 0.05) is 24.2 Å². The lowest BCUT2D eigenvalue weighted by molar-refractivity contribution is 0.283. The van der Waals surface area contributed by atoms with Crippen molar-refractivity contribution in [3.05, 3.63) is 30.5 Å². The minimum Gasteiger partial charge on any atom is -0.497 e. The molecular weight excluding hydrogens is 252 g/mol. The quantitative estimate of drug-likeness (QED) is 0.908. The second-order valence-electron chi connectivity index (χ2n) is 5.22. The highest BCUT2D eigenvalue weighted by Gasteiger charge is 2.26. The fourth-order valence-electron chi connectivity index (χ4n) is 2.76. The van der Waals surface area contributed by atoms with Crippen molar-refractivity contribution in [2.75, 3.05) is 25.2 Å². The molecule has 1 fully saturated rings. The SMILES string of the molecule is COc1ccc2ccnc(N(CCO)C3CCC3)c2c1. The summed E-state index contributed by atoms with van der Waals surface area (Å²) in [6.45, 7) is 0.784. The molecule has 0 bridgehead atoms. The minimum absolute atomic E-state index is 0.151. The fraction of sp³-hybridized carbons (Fsp3) is 0.438. The van der Waals surface area contributed by atoms with Crippen LogP contribution in [0.3, 0.4) is 0 Å². The Morgan fingerprint density at radius 3 is 2.85 bits per heavy atom. The summed E-state index contributed by atoms with van der Waals surface area (Å²) in [6.07, 6.45) is 5.47. The van der Waals surface area contributed by atoms with Crippen molar-refractivity contribution < 1.29 is 9.84 Å². The lowest BCUT2D eigenvalue weighted by Gasteiger charge is -2.38. The number of pyridine rings is 1. The van der Waals surface area contributed by atoms with Crippen LogP contribution in [0, 0.1) is 0 Å². The van der Waals surface area contributed by atoms with E-state index in [0.29, 0.717) is 12.6 Å². The van der Waals surface area contributed by atoms with Crippen LogP contribution in [-0.4, -0.2) is 36.4 Å². The van der Waals surface area contributed by atoms with Crippen molar-refractivity contribution in [2.45, 2.75) is 25.3 Å². The Morgan fingerprint density at radius 2 is 2.20 bits per heavy atom. The molecule has 0 amide bonds. The molecule has 1 N–H and O–H groups in total. The first-order chi connectivity index (χ1) is 9.83. The van der Waals surface area contributed by atoms with Gasteiger partial charge < -0.3 is 14.7 Å². The molecule has 0 unspecified atom stereocenters. The van der Waals surface area contributed by atoms with Gasteiger partial charge in [-0.15, -0.1) is 0 Å². The van der Waals surface area contributed by atoms with E-state index < -0.39 is 0 Å². The average molecular weight is 272 g/mol. The van der Waals surface area contributed by atoms with Crippen LogP contribution >= 0.6 is 0 Å². The Kier molecular flexibility index (Phi) is 3.74. The molecule has 0 atom stereocenters. The Balaban J connectivity index is 2.07. The first-order valence-corrected chi connectivity index (χ1v) is 7.13. The second-order valence-corrected chi connectivity index (χ2v) is 5.22. The highest BCUT2D eigenvalue weighted by Crippen LogP contribution is 2.33. The van der Waals surface area contributed by atoms with Gasteiger partial charge in [-0.2, -0.15) is 0 Å². The van der Waals surface area contributed by atoms with E-state index in [4.69, 9.17) is 4.74 Å². The molecule has 2 aromatic rings. The molecule has 4 nitrogen and oxygen atoms in total. The number of nitrogens with zero attached hydrogens (tertiary/aromatic N) is 2.